The first-order chi connectivity index (χ1) is 16.9. The van der Waals surface area contributed by atoms with E-state index in [0.717, 1.165) is 12.1 Å². The van der Waals surface area contributed by atoms with Crippen LogP contribution in [0.15, 0.2) is 42.5 Å². The lowest BCUT2D eigenvalue weighted by atomic mass is 9.93. The third kappa shape index (κ3) is 4.71. The highest BCUT2D eigenvalue weighted by Crippen LogP contribution is 2.44. The number of hydrogen-bond acceptors (Lipinski definition) is 4. The van der Waals surface area contributed by atoms with Gasteiger partial charge in [-0.3, -0.25) is 9.59 Å². The summed E-state index contributed by atoms with van der Waals surface area (Å²) in [5.41, 5.74) is -1.96. The van der Waals surface area contributed by atoms with Crippen molar-refractivity contribution in [1.82, 2.24) is 10.6 Å². The minimum atomic E-state index is -4.90. The van der Waals surface area contributed by atoms with Gasteiger partial charge in [-0.2, -0.15) is 13.2 Å². The Bertz CT molecular complexity index is 1390. The van der Waals surface area contributed by atoms with Crippen molar-refractivity contribution in [3.05, 3.63) is 92.5 Å². The second-order valence-electron chi connectivity index (χ2n) is 8.00. The SMILES string of the molecule is CNCc1cc(NC(=O)c2cc(F)cc(C(F)(F)F)c2)c2c(c1O)C(=O)NC2c1cc(F)ccc1Cl. The zero-order valence-corrected chi connectivity index (χ0v) is 19.1. The van der Waals surface area contributed by atoms with Crippen molar-refractivity contribution in [3.63, 3.8) is 0 Å². The number of phenols is 1. The number of fused-ring (bicyclic) bond motifs is 1. The van der Waals surface area contributed by atoms with E-state index in [1.54, 1.807) is 7.05 Å². The van der Waals surface area contributed by atoms with Gasteiger partial charge in [-0.05, 0) is 49.5 Å². The molecule has 12 heteroatoms. The van der Waals surface area contributed by atoms with Crippen molar-refractivity contribution in [2.45, 2.75) is 18.8 Å². The predicted octanol–water partition coefficient (Wildman–Crippen LogP) is 5.15. The number of benzene rings is 3. The number of amides is 2. The Labute approximate surface area is 206 Å². The summed E-state index contributed by atoms with van der Waals surface area (Å²) in [7, 11) is 1.56. The van der Waals surface area contributed by atoms with E-state index in [-0.39, 0.29) is 45.6 Å². The third-order valence-corrected chi connectivity index (χ3v) is 5.93. The zero-order valence-electron chi connectivity index (χ0n) is 18.4. The first-order valence-corrected chi connectivity index (χ1v) is 10.8. The van der Waals surface area contributed by atoms with Crippen molar-refractivity contribution < 1.29 is 36.6 Å². The van der Waals surface area contributed by atoms with Crippen LogP contribution in [0.5, 0.6) is 5.75 Å². The molecule has 0 spiro atoms. The predicted molar refractivity (Wildman–Crippen MR) is 121 cm³/mol. The highest BCUT2D eigenvalue weighted by Gasteiger charge is 2.38. The lowest BCUT2D eigenvalue weighted by molar-refractivity contribution is -0.137. The van der Waals surface area contributed by atoms with Gasteiger partial charge in [0.2, 0.25) is 0 Å². The molecule has 0 bridgehead atoms. The fourth-order valence-corrected chi connectivity index (χ4v) is 4.25. The van der Waals surface area contributed by atoms with Gasteiger partial charge in [-0.15, -0.1) is 0 Å². The molecule has 3 aromatic carbocycles. The van der Waals surface area contributed by atoms with E-state index in [0.29, 0.717) is 12.1 Å². The normalized spacial score (nSPS) is 15.0. The number of rotatable bonds is 5. The van der Waals surface area contributed by atoms with Crippen molar-refractivity contribution in [2.75, 3.05) is 12.4 Å². The molecule has 2 amide bonds. The van der Waals surface area contributed by atoms with Crippen molar-refractivity contribution >= 4 is 29.1 Å². The summed E-state index contributed by atoms with van der Waals surface area (Å²) in [6, 6.07) is 4.99. The molecule has 4 N–H and O–H groups in total. The molecule has 0 aromatic heterocycles. The van der Waals surface area contributed by atoms with E-state index >= 15 is 0 Å². The number of carbonyl (C=O) groups excluding carboxylic acids is 2. The number of carbonyl (C=O) groups is 2. The molecule has 1 aliphatic rings. The molecule has 1 atom stereocenters. The highest BCUT2D eigenvalue weighted by molar-refractivity contribution is 6.31. The largest absolute Gasteiger partial charge is 0.507 e. The van der Waals surface area contributed by atoms with Crippen LogP contribution in [-0.4, -0.2) is 24.0 Å². The van der Waals surface area contributed by atoms with Gasteiger partial charge < -0.3 is 21.1 Å². The smallest absolute Gasteiger partial charge is 0.416 e. The molecule has 1 unspecified atom stereocenters. The third-order valence-electron chi connectivity index (χ3n) is 5.58. The van der Waals surface area contributed by atoms with Crippen LogP contribution in [0.2, 0.25) is 5.02 Å². The van der Waals surface area contributed by atoms with E-state index in [2.05, 4.69) is 16.0 Å². The summed E-state index contributed by atoms with van der Waals surface area (Å²) in [6.07, 6.45) is -4.90. The molecular formula is C24H17ClF5N3O3. The number of alkyl halides is 3. The van der Waals surface area contributed by atoms with Crippen LogP contribution in [0.25, 0.3) is 0 Å². The molecule has 0 radical (unpaired) electrons. The molecular weight excluding hydrogens is 509 g/mol. The average Bonchev–Trinajstić information content (AvgIpc) is 3.15. The molecule has 0 aliphatic carbocycles. The van der Waals surface area contributed by atoms with Gasteiger partial charge in [0, 0.05) is 39.5 Å². The fraction of sp³-hybridized carbons (Fsp3) is 0.167. The Hall–Kier alpha value is -3.70. The molecule has 0 saturated heterocycles. The Morgan fingerprint density at radius 1 is 1.11 bits per heavy atom. The molecule has 6 nitrogen and oxygen atoms in total. The lowest BCUT2D eigenvalue weighted by Gasteiger charge is -2.20. The van der Waals surface area contributed by atoms with Crippen LogP contribution in [-0.2, 0) is 12.7 Å². The number of nitrogens with one attached hydrogen (secondary N) is 3. The van der Waals surface area contributed by atoms with Crippen LogP contribution in [0.3, 0.4) is 0 Å². The molecule has 3 aromatic rings. The second kappa shape index (κ2) is 9.40. The van der Waals surface area contributed by atoms with Crippen LogP contribution >= 0.6 is 11.6 Å². The van der Waals surface area contributed by atoms with E-state index in [1.807, 2.05) is 0 Å². The quantitative estimate of drug-likeness (QED) is 0.274. The maximum absolute atomic E-state index is 14.0. The Kier molecular flexibility index (Phi) is 6.63. The first kappa shape index (κ1) is 25.4. The van der Waals surface area contributed by atoms with Crippen molar-refractivity contribution in [2.24, 2.45) is 0 Å². The molecule has 0 saturated carbocycles. The monoisotopic (exact) mass is 525 g/mol. The summed E-state index contributed by atoms with van der Waals surface area (Å²) in [5, 5.41) is 18.6. The second-order valence-corrected chi connectivity index (χ2v) is 8.41. The van der Waals surface area contributed by atoms with E-state index < -0.39 is 52.5 Å². The van der Waals surface area contributed by atoms with E-state index in [1.165, 1.54) is 12.1 Å². The number of halogens is 6. The van der Waals surface area contributed by atoms with Crippen LogP contribution in [0.4, 0.5) is 27.6 Å². The van der Waals surface area contributed by atoms with E-state index in [4.69, 9.17) is 11.6 Å². The summed E-state index contributed by atoms with van der Waals surface area (Å²) < 4.78 is 67.3. The minimum absolute atomic E-state index is 0.0191. The van der Waals surface area contributed by atoms with Crippen LogP contribution in [0, 0.1) is 11.6 Å². The van der Waals surface area contributed by atoms with Crippen LogP contribution < -0.4 is 16.0 Å². The number of anilines is 1. The molecule has 4 rings (SSSR count). The van der Waals surface area contributed by atoms with Gasteiger partial charge in [0.15, 0.2) is 0 Å². The zero-order chi connectivity index (χ0) is 26.4. The molecule has 188 valence electrons. The summed E-state index contributed by atoms with van der Waals surface area (Å²) in [5.74, 6) is -4.20. The maximum atomic E-state index is 14.0. The average molecular weight is 526 g/mol. The Balaban J connectivity index is 1.86. The summed E-state index contributed by atoms with van der Waals surface area (Å²) in [4.78, 5) is 25.7. The summed E-state index contributed by atoms with van der Waals surface area (Å²) in [6.45, 7) is 0.0544. The Morgan fingerprint density at radius 2 is 1.83 bits per heavy atom. The number of aromatic hydroxyl groups is 1. The van der Waals surface area contributed by atoms with Gasteiger partial charge in [0.05, 0.1) is 17.2 Å². The van der Waals surface area contributed by atoms with Crippen molar-refractivity contribution in [3.8, 4) is 5.75 Å². The van der Waals surface area contributed by atoms with Gasteiger partial charge in [-0.25, -0.2) is 8.78 Å². The molecule has 1 heterocycles. The van der Waals surface area contributed by atoms with Gasteiger partial charge in [-0.1, -0.05) is 11.6 Å². The number of hydrogen-bond donors (Lipinski definition) is 4. The molecule has 0 fully saturated rings. The topological polar surface area (TPSA) is 90.5 Å². The lowest BCUT2D eigenvalue weighted by Crippen LogP contribution is -2.21. The highest BCUT2D eigenvalue weighted by atomic mass is 35.5. The first-order valence-electron chi connectivity index (χ1n) is 10.4. The van der Waals surface area contributed by atoms with Gasteiger partial charge >= 0.3 is 6.18 Å². The molecule has 1 aliphatic heterocycles. The minimum Gasteiger partial charge on any atom is -0.507 e. The maximum Gasteiger partial charge on any atom is 0.416 e. The molecule has 36 heavy (non-hydrogen) atoms. The van der Waals surface area contributed by atoms with Gasteiger partial charge in [0.25, 0.3) is 11.8 Å². The van der Waals surface area contributed by atoms with E-state index in [9.17, 15) is 36.6 Å². The number of phenolic OH excluding ortho intramolecular Hbond substituents is 1. The van der Waals surface area contributed by atoms with Crippen molar-refractivity contribution in [1.29, 1.82) is 0 Å². The fourth-order valence-electron chi connectivity index (χ4n) is 4.02. The summed E-state index contributed by atoms with van der Waals surface area (Å²) >= 11 is 6.22. The van der Waals surface area contributed by atoms with Gasteiger partial charge in [0.1, 0.15) is 17.4 Å². The Morgan fingerprint density at radius 3 is 2.50 bits per heavy atom. The standard InChI is InChI=1S/C24H17ClF5N3O3/c1-31-9-11-6-17(32-22(35)10-4-12(24(28,29)30)7-14(27)5-10)18-19(21(11)34)23(36)33-20(18)15-8-13(26)2-3-16(15)25/h2-8,20,31,34H,9H2,1H3,(H,32,35)(H,33,36). The van der Waals surface area contributed by atoms with Crippen LogP contribution in [0.1, 0.15) is 49.0 Å².